The fourth-order valence-corrected chi connectivity index (χ4v) is 2.20. The van der Waals surface area contributed by atoms with Gasteiger partial charge in [-0.15, -0.1) is 0 Å². The number of aromatic nitrogens is 4. The molecule has 3 aromatic rings. The molecule has 3 rings (SSSR count). The summed E-state index contributed by atoms with van der Waals surface area (Å²) in [7, 11) is 0. The van der Waals surface area contributed by atoms with E-state index < -0.39 is 0 Å². The number of aromatic amines is 1. The lowest BCUT2D eigenvalue weighted by molar-refractivity contribution is 0.467. The zero-order chi connectivity index (χ0) is 14.3. The van der Waals surface area contributed by atoms with Gasteiger partial charge in [-0.2, -0.15) is 9.97 Å². The van der Waals surface area contributed by atoms with Gasteiger partial charge < -0.3 is 15.5 Å². The van der Waals surface area contributed by atoms with E-state index in [4.69, 9.17) is 10.5 Å². The van der Waals surface area contributed by atoms with Crippen LogP contribution in [0.25, 0.3) is 11.2 Å². The number of H-pyrrole nitrogens is 1. The van der Waals surface area contributed by atoms with Gasteiger partial charge >= 0.3 is 0 Å². The Morgan fingerprint density at radius 3 is 2.60 bits per heavy atom. The van der Waals surface area contributed by atoms with Crippen molar-refractivity contribution in [2.45, 2.75) is 13.8 Å². The average Bonchev–Trinajstić information content (AvgIpc) is 2.84. The predicted molar refractivity (Wildman–Crippen MR) is 79.8 cm³/mol. The number of fused-ring (bicyclic) bond motifs is 1. The number of imidazole rings is 1. The van der Waals surface area contributed by atoms with E-state index in [-0.39, 0.29) is 5.95 Å². The zero-order valence-electron chi connectivity index (χ0n) is 10.9. The van der Waals surface area contributed by atoms with E-state index in [0.29, 0.717) is 22.8 Å². The SMILES string of the molecule is Cc1cc(Oc2nc(N)nc3nc[nH]c23)cc(C)c1Br. The van der Waals surface area contributed by atoms with Gasteiger partial charge in [0, 0.05) is 4.47 Å². The minimum absolute atomic E-state index is 0.130. The molecular weight excluding hydrogens is 322 g/mol. The molecule has 0 saturated heterocycles. The molecule has 2 aromatic heterocycles. The molecule has 0 aliphatic carbocycles. The molecule has 6 nitrogen and oxygen atoms in total. The van der Waals surface area contributed by atoms with E-state index in [0.717, 1.165) is 15.6 Å². The molecule has 2 heterocycles. The highest BCUT2D eigenvalue weighted by Crippen LogP contribution is 2.31. The Hall–Kier alpha value is -2.15. The van der Waals surface area contributed by atoms with Gasteiger partial charge in [0.25, 0.3) is 5.88 Å². The van der Waals surface area contributed by atoms with Crippen molar-refractivity contribution in [3.05, 3.63) is 34.1 Å². The molecular formula is C13H12BrN5O. The summed E-state index contributed by atoms with van der Waals surface area (Å²) in [5.41, 5.74) is 8.94. The maximum Gasteiger partial charge on any atom is 0.250 e. The van der Waals surface area contributed by atoms with Gasteiger partial charge in [-0.25, -0.2) is 4.98 Å². The van der Waals surface area contributed by atoms with E-state index in [1.54, 1.807) is 0 Å². The maximum atomic E-state index is 5.82. The van der Waals surface area contributed by atoms with Crippen LogP contribution in [-0.4, -0.2) is 19.9 Å². The lowest BCUT2D eigenvalue weighted by Gasteiger charge is -2.09. The van der Waals surface area contributed by atoms with Gasteiger partial charge in [0.05, 0.1) is 6.33 Å². The molecule has 0 saturated carbocycles. The molecule has 7 heteroatoms. The molecule has 102 valence electrons. The Kier molecular flexibility index (Phi) is 3.06. The standard InChI is InChI=1S/C13H12BrN5O/c1-6-3-8(4-7(2)9(6)14)20-12-10-11(17-5-16-10)18-13(15)19-12/h3-5H,1-2H3,(H3,15,16,17,18,19). The van der Waals surface area contributed by atoms with Crippen molar-refractivity contribution in [3.8, 4) is 11.6 Å². The molecule has 20 heavy (non-hydrogen) atoms. The van der Waals surface area contributed by atoms with Gasteiger partial charge in [-0.05, 0) is 37.1 Å². The number of nitrogens with one attached hydrogen (secondary N) is 1. The Morgan fingerprint density at radius 2 is 1.90 bits per heavy atom. The van der Waals surface area contributed by atoms with Crippen LogP contribution in [0.15, 0.2) is 22.9 Å². The van der Waals surface area contributed by atoms with Crippen molar-refractivity contribution in [2.24, 2.45) is 0 Å². The topological polar surface area (TPSA) is 89.7 Å². The summed E-state index contributed by atoms with van der Waals surface area (Å²) in [6, 6.07) is 3.86. The van der Waals surface area contributed by atoms with E-state index >= 15 is 0 Å². The van der Waals surface area contributed by atoms with Crippen LogP contribution >= 0.6 is 15.9 Å². The fraction of sp³-hybridized carbons (Fsp3) is 0.154. The zero-order valence-corrected chi connectivity index (χ0v) is 12.5. The van der Waals surface area contributed by atoms with Crippen LogP contribution in [0.3, 0.4) is 0 Å². The molecule has 0 amide bonds. The number of rotatable bonds is 2. The van der Waals surface area contributed by atoms with E-state index in [2.05, 4.69) is 35.9 Å². The van der Waals surface area contributed by atoms with Crippen LogP contribution in [0.2, 0.25) is 0 Å². The third kappa shape index (κ3) is 2.20. The Labute approximate surface area is 123 Å². The number of nitrogen functional groups attached to an aromatic ring is 1. The molecule has 0 spiro atoms. The number of benzene rings is 1. The van der Waals surface area contributed by atoms with Crippen molar-refractivity contribution in [1.29, 1.82) is 0 Å². The normalized spacial score (nSPS) is 10.9. The summed E-state index contributed by atoms with van der Waals surface area (Å²) >= 11 is 3.53. The van der Waals surface area contributed by atoms with Crippen molar-refractivity contribution < 1.29 is 4.74 Å². The van der Waals surface area contributed by atoms with Crippen LogP contribution in [0, 0.1) is 13.8 Å². The summed E-state index contributed by atoms with van der Waals surface area (Å²) in [5.74, 6) is 1.19. The highest BCUT2D eigenvalue weighted by molar-refractivity contribution is 9.10. The van der Waals surface area contributed by atoms with Crippen molar-refractivity contribution in [2.75, 3.05) is 5.73 Å². The Balaban J connectivity index is 2.07. The molecule has 1 aromatic carbocycles. The third-order valence-electron chi connectivity index (χ3n) is 2.89. The van der Waals surface area contributed by atoms with E-state index in [1.807, 2.05) is 26.0 Å². The second-order valence-corrected chi connectivity index (χ2v) is 5.25. The van der Waals surface area contributed by atoms with Crippen molar-refractivity contribution in [1.82, 2.24) is 19.9 Å². The molecule has 0 fully saturated rings. The fourth-order valence-electron chi connectivity index (χ4n) is 1.97. The van der Waals surface area contributed by atoms with Gasteiger partial charge in [-0.1, -0.05) is 15.9 Å². The molecule has 0 unspecified atom stereocenters. The largest absolute Gasteiger partial charge is 0.437 e. The number of hydrogen-bond acceptors (Lipinski definition) is 5. The number of halogens is 1. The second-order valence-electron chi connectivity index (χ2n) is 4.46. The third-order valence-corrected chi connectivity index (χ3v) is 4.15. The number of aryl methyl sites for hydroxylation is 2. The summed E-state index contributed by atoms with van der Waals surface area (Å²) in [5, 5.41) is 0. The number of nitrogens with two attached hydrogens (primary N) is 1. The van der Waals surface area contributed by atoms with Crippen molar-refractivity contribution >= 4 is 33.0 Å². The minimum atomic E-state index is 0.130. The van der Waals surface area contributed by atoms with E-state index in [9.17, 15) is 0 Å². The van der Waals surface area contributed by atoms with Gasteiger partial charge in [0.15, 0.2) is 5.65 Å². The first-order valence-corrected chi connectivity index (χ1v) is 6.75. The second kappa shape index (κ2) is 4.75. The number of nitrogens with zero attached hydrogens (tertiary/aromatic N) is 3. The van der Waals surface area contributed by atoms with Gasteiger partial charge in [-0.3, -0.25) is 0 Å². The lowest BCUT2D eigenvalue weighted by Crippen LogP contribution is -1.99. The molecule has 3 N–H and O–H groups in total. The minimum Gasteiger partial charge on any atom is -0.437 e. The van der Waals surface area contributed by atoms with Gasteiger partial charge in [0.1, 0.15) is 11.3 Å². The van der Waals surface area contributed by atoms with Crippen LogP contribution in [0.1, 0.15) is 11.1 Å². The number of ether oxygens (including phenoxy) is 1. The van der Waals surface area contributed by atoms with Crippen LogP contribution in [-0.2, 0) is 0 Å². The first-order valence-electron chi connectivity index (χ1n) is 5.96. The summed E-state index contributed by atoms with van der Waals surface area (Å²) in [6.45, 7) is 4.01. The lowest BCUT2D eigenvalue weighted by atomic mass is 10.1. The van der Waals surface area contributed by atoms with Crippen LogP contribution in [0.5, 0.6) is 11.6 Å². The van der Waals surface area contributed by atoms with Crippen LogP contribution in [0.4, 0.5) is 5.95 Å². The quantitative estimate of drug-likeness (QED) is 0.752. The summed E-state index contributed by atoms with van der Waals surface area (Å²) < 4.78 is 6.89. The Morgan fingerprint density at radius 1 is 1.20 bits per heavy atom. The molecule has 0 radical (unpaired) electrons. The summed E-state index contributed by atoms with van der Waals surface area (Å²) in [6.07, 6.45) is 1.53. The van der Waals surface area contributed by atoms with Crippen molar-refractivity contribution in [3.63, 3.8) is 0 Å². The first-order chi connectivity index (χ1) is 9.54. The average molecular weight is 334 g/mol. The maximum absolute atomic E-state index is 5.82. The summed E-state index contributed by atoms with van der Waals surface area (Å²) in [4.78, 5) is 15.1. The highest BCUT2D eigenvalue weighted by atomic mass is 79.9. The van der Waals surface area contributed by atoms with Gasteiger partial charge in [0.2, 0.25) is 5.95 Å². The predicted octanol–water partition coefficient (Wildman–Crippen LogP) is 3.11. The molecule has 0 aliphatic heterocycles. The molecule has 0 aliphatic rings. The highest BCUT2D eigenvalue weighted by Gasteiger charge is 2.12. The molecule has 0 atom stereocenters. The smallest absolute Gasteiger partial charge is 0.250 e. The Bertz CT molecular complexity index is 776. The first kappa shape index (κ1) is 12.9. The monoisotopic (exact) mass is 333 g/mol. The van der Waals surface area contributed by atoms with Crippen LogP contribution < -0.4 is 10.5 Å². The van der Waals surface area contributed by atoms with E-state index in [1.165, 1.54) is 6.33 Å². The number of hydrogen-bond donors (Lipinski definition) is 2. The molecule has 0 bridgehead atoms. The number of anilines is 1.